The first-order valence-corrected chi connectivity index (χ1v) is 6.35. The van der Waals surface area contributed by atoms with E-state index in [1.165, 1.54) is 11.1 Å². The number of aromatic amines is 1. The largest absolute Gasteiger partial charge is 0.346 e. The van der Waals surface area contributed by atoms with E-state index in [1.54, 1.807) is 0 Å². The fourth-order valence-electron chi connectivity index (χ4n) is 2.11. The summed E-state index contributed by atoms with van der Waals surface area (Å²) in [4.78, 5) is 7.87. The summed E-state index contributed by atoms with van der Waals surface area (Å²) in [6.07, 6.45) is -0.410. The van der Waals surface area contributed by atoms with E-state index in [9.17, 15) is 0 Å². The van der Waals surface area contributed by atoms with Crippen molar-refractivity contribution in [2.24, 2.45) is 0 Å². The van der Waals surface area contributed by atoms with E-state index < -0.39 is 6.29 Å². The van der Waals surface area contributed by atoms with Gasteiger partial charge in [-0.3, -0.25) is 0 Å². The van der Waals surface area contributed by atoms with Gasteiger partial charge in [-0.15, -0.1) is 0 Å². The highest BCUT2D eigenvalue weighted by atomic mass is 16.7. The van der Waals surface area contributed by atoms with Gasteiger partial charge >= 0.3 is 0 Å². The van der Waals surface area contributed by atoms with Crippen molar-refractivity contribution in [3.8, 4) is 0 Å². The number of hydrogen-bond acceptors (Lipinski definition) is 3. The number of benzene rings is 1. The van der Waals surface area contributed by atoms with E-state index in [-0.39, 0.29) is 0 Å². The first-order valence-electron chi connectivity index (χ1n) is 6.35. The molecule has 1 aromatic heterocycles. The van der Waals surface area contributed by atoms with Crippen molar-refractivity contribution in [3.05, 3.63) is 29.1 Å². The lowest BCUT2D eigenvalue weighted by molar-refractivity contribution is -0.144. The maximum atomic E-state index is 5.55. The summed E-state index contributed by atoms with van der Waals surface area (Å²) in [7, 11) is 0. The molecule has 4 nitrogen and oxygen atoms in total. The van der Waals surface area contributed by atoms with Crippen molar-refractivity contribution < 1.29 is 9.47 Å². The molecule has 0 atom stereocenters. The minimum absolute atomic E-state index is 0.410. The molecule has 0 saturated carbocycles. The minimum Gasteiger partial charge on any atom is -0.346 e. The molecule has 0 radical (unpaired) electrons. The van der Waals surface area contributed by atoms with Crippen LogP contribution in [0.5, 0.6) is 0 Å². The number of fused-ring (bicyclic) bond motifs is 1. The monoisotopic (exact) mass is 248 g/mol. The molecule has 1 aromatic carbocycles. The molecule has 18 heavy (non-hydrogen) atoms. The molecule has 98 valence electrons. The third-order valence-corrected chi connectivity index (χ3v) is 2.80. The predicted molar refractivity (Wildman–Crippen MR) is 71.6 cm³/mol. The first-order chi connectivity index (χ1) is 8.65. The number of H-pyrrole nitrogens is 1. The van der Waals surface area contributed by atoms with Gasteiger partial charge in [-0.2, -0.15) is 0 Å². The van der Waals surface area contributed by atoms with Crippen LogP contribution in [0.4, 0.5) is 0 Å². The van der Waals surface area contributed by atoms with Crippen molar-refractivity contribution in [2.45, 2.75) is 34.0 Å². The van der Waals surface area contributed by atoms with Crippen LogP contribution in [0.3, 0.4) is 0 Å². The lowest BCUT2D eigenvalue weighted by atomic mass is 10.1. The fraction of sp³-hybridized carbons (Fsp3) is 0.500. The van der Waals surface area contributed by atoms with Gasteiger partial charge in [0.1, 0.15) is 0 Å². The number of imidazole rings is 1. The van der Waals surface area contributed by atoms with E-state index in [0.717, 1.165) is 16.9 Å². The normalized spacial score (nSPS) is 11.6. The predicted octanol–water partition coefficient (Wildman–Crippen LogP) is 3.25. The smallest absolute Gasteiger partial charge is 0.217 e. The van der Waals surface area contributed by atoms with Crippen LogP contribution in [0.1, 0.15) is 37.1 Å². The zero-order valence-corrected chi connectivity index (χ0v) is 11.4. The Morgan fingerprint density at radius 2 is 1.83 bits per heavy atom. The van der Waals surface area contributed by atoms with Gasteiger partial charge in [0.2, 0.25) is 6.29 Å². The molecule has 0 saturated heterocycles. The Kier molecular flexibility index (Phi) is 3.99. The second kappa shape index (κ2) is 5.50. The SMILES string of the molecule is CCOC(OCC)c1nc2c(C)cc(C)cc2[nH]1. The molecule has 1 N–H and O–H groups in total. The number of aryl methyl sites for hydroxylation is 2. The van der Waals surface area contributed by atoms with Crippen LogP contribution in [-0.2, 0) is 9.47 Å². The van der Waals surface area contributed by atoms with E-state index in [1.807, 2.05) is 13.8 Å². The summed E-state index contributed by atoms with van der Waals surface area (Å²) in [6, 6.07) is 4.22. The van der Waals surface area contributed by atoms with Crippen LogP contribution in [-0.4, -0.2) is 23.2 Å². The second-order valence-corrected chi connectivity index (χ2v) is 4.34. The third-order valence-electron chi connectivity index (χ3n) is 2.80. The summed E-state index contributed by atoms with van der Waals surface area (Å²) < 4.78 is 11.1. The van der Waals surface area contributed by atoms with Crippen molar-refractivity contribution >= 4 is 11.0 Å². The Morgan fingerprint density at radius 3 is 2.44 bits per heavy atom. The van der Waals surface area contributed by atoms with Crippen LogP contribution in [0, 0.1) is 13.8 Å². The molecule has 1 heterocycles. The van der Waals surface area contributed by atoms with Crippen LogP contribution in [0.25, 0.3) is 11.0 Å². The van der Waals surface area contributed by atoms with Gasteiger partial charge in [0, 0.05) is 13.2 Å². The molecule has 4 heteroatoms. The highest BCUT2D eigenvalue weighted by Gasteiger charge is 2.16. The van der Waals surface area contributed by atoms with Gasteiger partial charge in [-0.1, -0.05) is 6.07 Å². The molecule has 0 aliphatic rings. The van der Waals surface area contributed by atoms with Gasteiger partial charge in [-0.25, -0.2) is 4.98 Å². The molecule has 0 spiro atoms. The van der Waals surface area contributed by atoms with Gasteiger partial charge in [0.15, 0.2) is 5.82 Å². The molecule has 0 aliphatic carbocycles. The second-order valence-electron chi connectivity index (χ2n) is 4.34. The van der Waals surface area contributed by atoms with Gasteiger partial charge < -0.3 is 14.5 Å². The first kappa shape index (κ1) is 13.1. The molecule has 2 aromatic rings. The summed E-state index contributed by atoms with van der Waals surface area (Å²) in [5, 5.41) is 0. The molecule has 0 fully saturated rings. The number of nitrogens with zero attached hydrogens (tertiary/aromatic N) is 1. The van der Waals surface area contributed by atoms with Crippen LogP contribution >= 0.6 is 0 Å². The Morgan fingerprint density at radius 1 is 1.17 bits per heavy atom. The van der Waals surface area contributed by atoms with Crippen molar-refractivity contribution in [3.63, 3.8) is 0 Å². The van der Waals surface area contributed by atoms with E-state index in [4.69, 9.17) is 9.47 Å². The zero-order valence-electron chi connectivity index (χ0n) is 11.4. The molecular weight excluding hydrogens is 228 g/mol. The Bertz CT molecular complexity index is 528. The summed E-state index contributed by atoms with van der Waals surface area (Å²) in [6.45, 7) is 9.24. The van der Waals surface area contributed by atoms with Crippen molar-refractivity contribution in [1.82, 2.24) is 9.97 Å². The summed E-state index contributed by atoms with van der Waals surface area (Å²) >= 11 is 0. The standard InChI is InChI=1S/C14H20N2O2/c1-5-17-14(18-6-2)13-15-11-8-9(3)7-10(4)12(11)16-13/h7-8,14H,5-6H2,1-4H3,(H,15,16). The molecule has 0 amide bonds. The van der Waals surface area contributed by atoms with Crippen molar-refractivity contribution in [1.29, 1.82) is 0 Å². The van der Waals surface area contributed by atoms with Gasteiger partial charge in [0.05, 0.1) is 11.0 Å². The molecule has 0 unspecified atom stereocenters. The highest BCUT2D eigenvalue weighted by molar-refractivity contribution is 5.79. The van der Waals surface area contributed by atoms with E-state index in [2.05, 4.69) is 35.9 Å². The topological polar surface area (TPSA) is 47.1 Å². The molecule has 2 rings (SSSR count). The van der Waals surface area contributed by atoms with Crippen LogP contribution < -0.4 is 0 Å². The third kappa shape index (κ3) is 2.54. The lowest BCUT2D eigenvalue weighted by Gasteiger charge is -2.13. The minimum atomic E-state index is -0.410. The maximum Gasteiger partial charge on any atom is 0.217 e. The molecule has 0 aliphatic heterocycles. The average molecular weight is 248 g/mol. The van der Waals surface area contributed by atoms with Gasteiger partial charge in [0.25, 0.3) is 0 Å². The van der Waals surface area contributed by atoms with Gasteiger partial charge in [-0.05, 0) is 44.9 Å². The molecular formula is C14H20N2O2. The Balaban J connectivity index is 2.41. The summed E-state index contributed by atoms with van der Waals surface area (Å²) in [5.74, 6) is 0.738. The number of nitrogens with one attached hydrogen (secondary N) is 1. The maximum absolute atomic E-state index is 5.55. The Labute approximate surface area is 107 Å². The average Bonchev–Trinajstić information content (AvgIpc) is 2.72. The number of aromatic nitrogens is 2. The fourth-order valence-corrected chi connectivity index (χ4v) is 2.11. The number of hydrogen-bond donors (Lipinski definition) is 1. The zero-order chi connectivity index (χ0) is 13.1. The Hall–Kier alpha value is -1.39. The highest BCUT2D eigenvalue weighted by Crippen LogP contribution is 2.23. The van der Waals surface area contributed by atoms with Crippen LogP contribution in [0.15, 0.2) is 12.1 Å². The van der Waals surface area contributed by atoms with E-state index in [0.29, 0.717) is 13.2 Å². The quantitative estimate of drug-likeness (QED) is 0.826. The van der Waals surface area contributed by atoms with E-state index >= 15 is 0 Å². The summed E-state index contributed by atoms with van der Waals surface area (Å²) in [5.41, 5.74) is 4.41. The van der Waals surface area contributed by atoms with Crippen molar-refractivity contribution in [2.75, 3.05) is 13.2 Å². The lowest BCUT2D eigenvalue weighted by Crippen LogP contribution is -2.10. The van der Waals surface area contributed by atoms with Crippen LogP contribution in [0.2, 0.25) is 0 Å². The number of rotatable bonds is 5. The molecule has 0 bridgehead atoms. The number of ether oxygens (including phenoxy) is 2.